The Morgan fingerprint density at radius 1 is 1.30 bits per heavy atom. The highest BCUT2D eigenvalue weighted by Gasteiger charge is 2.31. The van der Waals surface area contributed by atoms with Gasteiger partial charge in [0.25, 0.3) is 0 Å². The van der Waals surface area contributed by atoms with Crippen LogP contribution in [0.25, 0.3) is 10.9 Å². The first-order valence-electron chi connectivity index (χ1n) is 6.32. The van der Waals surface area contributed by atoms with Crippen molar-refractivity contribution in [3.05, 3.63) is 34.3 Å². The molecule has 1 fully saturated rings. The number of benzene rings is 1. The van der Waals surface area contributed by atoms with E-state index in [2.05, 4.69) is 4.98 Å². The van der Waals surface area contributed by atoms with E-state index in [0.29, 0.717) is 34.3 Å². The Labute approximate surface area is 125 Å². The zero-order chi connectivity index (χ0) is 14.3. The van der Waals surface area contributed by atoms with Crippen LogP contribution < -0.4 is 4.90 Å². The van der Waals surface area contributed by atoms with Gasteiger partial charge in [-0.05, 0) is 31.0 Å². The van der Waals surface area contributed by atoms with Crippen LogP contribution in [0.1, 0.15) is 12.8 Å². The van der Waals surface area contributed by atoms with Gasteiger partial charge in [0.15, 0.2) is 0 Å². The summed E-state index contributed by atoms with van der Waals surface area (Å²) >= 11 is 12.2. The van der Waals surface area contributed by atoms with E-state index >= 15 is 0 Å². The Balaban J connectivity index is 2.08. The largest absolute Gasteiger partial charge is 0.480 e. The third kappa shape index (κ3) is 2.19. The van der Waals surface area contributed by atoms with Crippen LogP contribution in [-0.2, 0) is 4.79 Å². The normalized spacial score (nSPS) is 18.7. The molecular formula is C14H12Cl2N2O2. The van der Waals surface area contributed by atoms with Gasteiger partial charge < -0.3 is 10.0 Å². The molecule has 0 amide bonds. The molecule has 1 N–H and O–H groups in total. The fourth-order valence-electron chi connectivity index (χ4n) is 2.58. The maximum Gasteiger partial charge on any atom is 0.326 e. The second-order valence-electron chi connectivity index (χ2n) is 4.79. The molecule has 1 aromatic carbocycles. The predicted molar refractivity (Wildman–Crippen MR) is 79.8 cm³/mol. The van der Waals surface area contributed by atoms with Gasteiger partial charge in [0.05, 0.1) is 15.6 Å². The quantitative estimate of drug-likeness (QED) is 0.921. The molecule has 1 aliphatic rings. The Morgan fingerprint density at radius 3 is 2.80 bits per heavy atom. The molecule has 1 aliphatic heterocycles. The molecule has 1 aromatic heterocycles. The van der Waals surface area contributed by atoms with Crippen molar-refractivity contribution >= 4 is 45.9 Å². The number of aromatic nitrogens is 1. The van der Waals surface area contributed by atoms with Gasteiger partial charge >= 0.3 is 5.97 Å². The minimum Gasteiger partial charge on any atom is -0.480 e. The molecule has 0 unspecified atom stereocenters. The molecule has 2 heterocycles. The summed E-state index contributed by atoms with van der Waals surface area (Å²) < 4.78 is 0. The fourth-order valence-corrected chi connectivity index (χ4v) is 2.94. The van der Waals surface area contributed by atoms with Crippen molar-refractivity contribution < 1.29 is 9.90 Å². The summed E-state index contributed by atoms with van der Waals surface area (Å²) in [6, 6.07) is 6.77. The van der Waals surface area contributed by atoms with Crippen molar-refractivity contribution in [2.45, 2.75) is 18.9 Å². The summed E-state index contributed by atoms with van der Waals surface area (Å²) in [5.74, 6) is -0.187. The lowest BCUT2D eigenvalue weighted by atomic mass is 10.2. The molecule has 2 aromatic rings. The highest BCUT2D eigenvalue weighted by molar-refractivity contribution is 6.45. The van der Waals surface area contributed by atoms with E-state index < -0.39 is 12.0 Å². The number of fused-ring (bicyclic) bond motifs is 1. The van der Waals surface area contributed by atoms with Crippen molar-refractivity contribution in [2.75, 3.05) is 11.4 Å². The highest BCUT2D eigenvalue weighted by atomic mass is 35.5. The second-order valence-corrected chi connectivity index (χ2v) is 5.58. The van der Waals surface area contributed by atoms with Crippen LogP contribution in [0.3, 0.4) is 0 Å². The van der Waals surface area contributed by atoms with Gasteiger partial charge in [-0.2, -0.15) is 0 Å². The number of hydrogen-bond donors (Lipinski definition) is 1. The van der Waals surface area contributed by atoms with Gasteiger partial charge in [0, 0.05) is 11.9 Å². The molecule has 6 heteroatoms. The van der Waals surface area contributed by atoms with Crippen LogP contribution in [0.15, 0.2) is 24.3 Å². The summed E-state index contributed by atoms with van der Waals surface area (Å²) in [5.41, 5.74) is 0.604. The van der Waals surface area contributed by atoms with Crippen molar-refractivity contribution in [2.24, 2.45) is 0 Å². The first kappa shape index (κ1) is 13.5. The van der Waals surface area contributed by atoms with E-state index in [4.69, 9.17) is 23.2 Å². The maximum atomic E-state index is 11.3. The fraction of sp³-hybridized carbons (Fsp3) is 0.286. The molecular weight excluding hydrogens is 299 g/mol. The Kier molecular flexibility index (Phi) is 3.44. The number of anilines is 1. The number of pyridine rings is 1. The molecule has 1 atom stereocenters. The summed E-state index contributed by atoms with van der Waals surface area (Å²) in [5, 5.41) is 11.0. The van der Waals surface area contributed by atoms with Crippen molar-refractivity contribution in [1.82, 2.24) is 4.98 Å². The van der Waals surface area contributed by atoms with E-state index in [1.54, 1.807) is 11.0 Å². The lowest BCUT2D eigenvalue weighted by Gasteiger charge is -2.22. The number of carboxylic acid groups (broad SMARTS) is 1. The minimum absolute atomic E-state index is 0.400. The first-order valence-corrected chi connectivity index (χ1v) is 7.08. The molecule has 0 spiro atoms. The molecule has 4 nitrogen and oxygen atoms in total. The second kappa shape index (κ2) is 5.11. The molecule has 0 saturated carbocycles. The summed E-state index contributed by atoms with van der Waals surface area (Å²) in [6.45, 7) is 0.688. The summed E-state index contributed by atoms with van der Waals surface area (Å²) in [4.78, 5) is 17.6. The lowest BCUT2D eigenvalue weighted by molar-refractivity contribution is -0.138. The molecule has 0 aliphatic carbocycles. The third-order valence-corrected chi connectivity index (χ3v) is 4.36. The third-order valence-electron chi connectivity index (χ3n) is 3.57. The van der Waals surface area contributed by atoms with Crippen LogP contribution in [0, 0.1) is 0 Å². The zero-order valence-electron chi connectivity index (χ0n) is 10.5. The van der Waals surface area contributed by atoms with Gasteiger partial charge in [-0.3, -0.25) is 0 Å². The number of hydrogen-bond acceptors (Lipinski definition) is 3. The SMILES string of the molecule is O=C(O)[C@H]1CCCN1c1ccc2ccc(Cl)c(Cl)c2n1. The number of nitrogens with zero attached hydrogens (tertiary/aromatic N) is 2. The Morgan fingerprint density at radius 2 is 2.05 bits per heavy atom. The van der Waals surface area contributed by atoms with Crippen molar-refractivity contribution in [3.63, 3.8) is 0 Å². The summed E-state index contributed by atoms with van der Waals surface area (Å²) in [7, 11) is 0. The highest BCUT2D eigenvalue weighted by Crippen LogP contribution is 2.32. The maximum absolute atomic E-state index is 11.3. The molecule has 1 saturated heterocycles. The van der Waals surface area contributed by atoms with Crippen LogP contribution in [0.4, 0.5) is 5.82 Å². The average Bonchev–Trinajstić information content (AvgIpc) is 2.92. The van der Waals surface area contributed by atoms with Crippen LogP contribution in [0.5, 0.6) is 0 Å². The summed E-state index contributed by atoms with van der Waals surface area (Å²) in [6.07, 6.45) is 1.48. The monoisotopic (exact) mass is 310 g/mol. The van der Waals surface area contributed by atoms with E-state index in [1.165, 1.54) is 0 Å². The van der Waals surface area contributed by atoms with Crippen LogP contribution >= 0.6 is 23.2 Å². The number of aliphatic carboxylic acids is 1. The van der Waals surface area contributed by atoms with E-state index in [0.717, 1.165) is 11.8 Å². The zero-order valence-corrected chi connectivity index (χ0v) is 12.0. The topological polar surface area (TPSA) is 53.4 Å². The molecule has 3 rings (SSSR count). The molecule has 20 heavy (non-hydrogen) atoms. The minimum atomic E-state index is -0.818. The number of carboxylic acids is 1. The van der Waals surface area contributed by atoms with Gasteiger partial charge in [-0.1, -0.05) is 29.3 Å². The smallest absolute Gasteiger partial charge is 0.326 e. The predicted octanol–water partition coefficient (Wildman–Crippen LogP) is 3.60. The van der Waals surface area contributed by atoms with Gasteiger partial charge in [-0.25, -0.2) is 9.78 Å². The molecule has 104 valence electrons. The first-order chi connectivity index (χ1) is 9.58. The lowest BCUT2D eigenvalue weighted by Crippen LogP contribution is -2.36. The number of rotatable bonds is 2. The molecule has 0 bridgehead atoms. The van der Waals surface area contributed by atoms with Gasteiger partial charge in [-0.15, -0.1) is 0 Å². The van der Waals surface area contributed by atoms with E-state index in [9.17, 15) is 9.90 Å². The van der Waals surface area contributed by atoms with Crippen molar-refractivity contribution in [1.29, 1.82) is 0 Å². The van der Waals surface area contributed by atoms with Crippen LogP contribution in [-0.4, -0.2) is 28.6 Å². The van der Waals surface area contributed by atoms with E-state index in [1.807, 2.05) is 18.2 Å². The standard InChI is InChI=1S/C14H12Cl2N2O2/c15-9-5-3-8-4-6-11(17-13(8)12(9)16)18-7-1-2-10(18)14(19)20/h3-6,10H,1-2,7H2,(H,19,20)/t10-/m1/s1. The Hall–Kier alpha value is -1.52. The number of carbonyl (C=O) groups is 1. The average molecular weight is 311 g/mol. The van der Waals surface area contributed by atoms with E-state index in [-0.39, 0.29) is 0 Å². The number of halogens is 2. The van der Waals surface area contributed by atoms with Gasteiger partial charge in [0.2, 0.25) is 0 Å². The van der Waals surface area contributed by atoms with Crippen molar-refractivity contribution in [3.8, 4) is 0 Å². The van der Waals surface area contributed by atoms with Gasteiger partial charge in [0.1, 0.15) is 11.9 Å². The van der Waals surface area contributed by atoms with Crippen LogP contribution in [0.2, 0.25) is 10.0 Å². The Bertz CT molecular complexity index is 690. The molecule has 0 radical (unpaired) electrons.